The second-order valence-electron chi connectivity index (χ2n) is 4.84. The molecule has 0 heterocycles. The van der Waals surface area contributed by atoms with Gasteiger partial charge in [-0.15, -0.1) is 0 Å². The number of carbonyl (C=O) groups is 1. The lowest BCUT2D eigenvalue weighted by Crippen LogP contribution is -2.26. The van der Waals surface area contributed by atoms with Crippen molar-refractivity contribution in [3.8, 4) is 5.75 Å². The number of ether oxygens (including phenoxy) is 1. The molecule has 1 aliphatic carbocycles. The number of rotatable bonds is 6. The molecule has 1 saturated carbocycles. The molecule has 0 atom stereocenters. The van der Waals surface area contributed by atoms with Gasteiger partial charge in [-0.05, 0) is 37.0 Å². The molecule has 2 N–H and O–H groups in total. The van der Waals surface area contributed by atoms with Crippen LogP contribution in [-0.4, -0.2) is 28.0 Å². The zero-order chi connectivity index (χ0) is 14.8. The van der Waals surface area contributed by atoms with Crippen molar-refractivity contribution in [3.05, 3.63) is 18.2 Å². The fourth-order valence-corrected chi connectivity index (χ4v) is 2.92. The Balaban J connectivity index is 2.23. The van der Waals surface area contributed by atoms with Gasteiger partial charge in [0.1, 0.15) is 5.75 Å². The van der Waals surface area contributed by atoms with Crippen LogP contribution < -0.4 is 14.8 Å². The maximum absolute atomic E-state index is 12.1. The highest BCUT2D eigenvalue weighted by Crippen LogP contribution is 2.30. The number of anilines is 1. The number of benzene rings is 1. The van der Waals surface area contributed by atoms with Crippen LogP contribution in [0.15, 0.2) is 23.1 Å². The van der Waals surface area contributed by atoms with E-state index in [2.05, 4.69) is 10.0 Å². The molecule has 0 unspecified atom stereocenters. The molecule has 1 aliphatic rings. The third kappa shape index (κ3) is 3.71. The highest BCUT2D eigenvalue weighted by molar-refractivity contribution is 7.89. The molecule has 0 spiro atoms. The van der Waals surface area contributed by atoms with Crippen LogP contribution in [0.1, 0.15) is 19.8 Å². The van der Waals surface area contributed by atoms with E-state index in [0.29, 0.717) is 23.9 Å². The molecule has 0 aliphatic heterocycles. The highest BCUT2D eigenvalue weighted by atomic mass is 32.2. The van der Waals surface area contributed by atoms with Crippen LogP contribution in [0.3, 0.4) is 0 Å². The predicted octanol–water partition coefficient (Wildman–Crippen LogP) is 1.34. The molecule has 0 radical (unpaired) electrons. The molecule has 0 bridgehead atoms. The van der Waals surface area contributed by atoms with Gasteiger partial charge in [-0.2, -0.15) is 0 Å². The Bertz CT molecular complexity index is 609. The lowest BCUT2D eigenvalue weighted by Gasteiger charge is -2.12. The average molecular weight is 298 g/mol. The number of methoxy groups -OCH3 is 1. The second kappa shape index (κ2) is 5.80. The first kappa shape index (κ1) is 14.8. The molecule has 1 aromatic rings. The van der Waals surface area contributed by atoms with Gasteiger partial charge in [0.05, 0.1) is 17.7 Å². The van der Waals surface area contributed by atoms with Crippen molar-refractivity contribution in [1.29, 1.82) is 0 Å². The highest BCUT2D eigenvalue weighted by Gasteiger charge is 2.24. The van der Waals surface area contributed by atoms with Crippen molar-refractivity contribution < 1.29 is 17.9 Å². The summed E-state index contributed by atoms with van der Waals surface area (Å²) in [5.74, 6) is 0.586. The minimum atomic E-state index is -3.56. The Hall–Kier alpha value is -1.60. The van der Waals surface area contributed by atoms with E-state index in [1.165, 1.54) is 32.2 Å². The predicted molar refractivity (Wildman–Crippen MR) is 75.2 cm³/mol. The summed E-state index contributed by atoms with van der Waals surface area (Å²) < 4.78 is 31.9. The second-order valence-corrected chi connectivity index (χ2v) is 6.61. The number of hydrogen-bond donors (Lipinski definition) is 2. The van der Waals surface area contributed by atoms with Crippen molar-refractivity contribution in [2.75, 3.05) is 19.0 Å². The fourth-order valence-electron chi connectivity index (χ4n) is 1.77. The number of nitrogens with one attached hydrogen (secondary N) is 2. The summed E-state index contributed by atoms with van der Waals surface area (Å²) in [7, 11) is -2.10. The van der Waals surface area contributed by atoms with Crippen LogP contribution in [0.2, 0.25) is 0 Å². The van der Waals surface area contributed by atoms with Crippen LogP contribution in [0.4, 0.5) is 5.69 Å². The summed E-state index contributed by atoms with van der Waals surface area (Å²) in [5.41, 5.74) is 0.342. The van der Waals surface area contributed by atoms with Gasteiger partial charge in [0.25, 0.3) is 0 Å². The minimum absolute atomic E-state index is 0.114. The smallest absolute Gasteiger partial charge is 0.240 e. The molecule has 1 amide bonds. The van der Waals surface area contributed by atoms with Gasteiger partial charge in [0.2, 0.25) is 15.9 Å². The van der Waals surface area contributed by atoms with Crippen LogP contribution in [0, 0.1) is 5.92 Å². The van der Waals surface area contributed by atoms with Crippen molar-refractivity contribution in [3.63, 3.8) is 0 Å². The normalized spacial score (nSPS) is 14.9. The summed E-state index contributed by atoms with van der Waals surface area (Å²) >= 11 is 0. The Kier molecular flexibility index (Phi) is 4.29. The van der Waals surface area contributed by atoms with E-state index < -0.39 is 10.0 Å². The SMILES string of the molecule is COc1ccc(S(=O)(=O)NCC2CC2)cc1NC(C)=O. The molecule has 0 aromatic heterocycles. The van der Waals surface area contributed by atoms with E-state index >= 15 is 0 Å². The van der Waals surface area contributed by atoms with E-state index in [1.54, 1.807) is 0 Å². The van der Waals surface area contributed by atoms with Crippen molar-refractivity contribution in [2.24, 2.45) is 5.92 Å². The van der Waals surface area contributed by atoms with Gasteiger partial charge >= 0.3 is 0 Å². The molecule has 1 fully saturated rings. The summed E-state index contributed by atoms with van der Waals surface area (Å²) in [6, 6.07) is 4.38. The minimum Gasteiger partial charge on any atom is -0.495 e. The van der Waals surface area contributed by atoms with Gasteiger partial charge in [-0.25, -0.2) is 13.1 Å². The van der Waals surface area contributed by atoms with E-state index in [1.807, 2.05) is 0 Å². The standard InChI is InChI=1S/C13H18N2O4S/c1-9(16)15-12-7-11(5-6-13(12)19-2)20(17,18)14-8-10-3-4-10/h5-7,10,14H,3-4,8H2,1-2H3,(H,15,16). The van der Waals surface area contributed by atoms with Crippen molar-refractivity contribution in [2.45, 2.75) is 24.7 Å². The maximum Gasteiger partial charge on any atom is 0.240 e. The van der Waals surface area contributed by atoms with Gasteiger partial charge in [0, 0.05) is 13.5 Å². The Morgan fingerprint density at radius 1 is 1.40 bits per heavy atom. The molecule has 6 nitrogen and oxygen atoms in total. The summed E-state index contributed by atoms with van der Waals surface area (Å²) in [6.45, 7) is 1.82. The Morgan fingerprint density at radius 2 is 2.10 bits per heavy atom. The first-order chi connectivity index (χ1) is 9.42. The third-order valence-electron chi connectivity index (χ3n) is 3.05. The first-order valence-corrected chi connectivity index (χ1v) is 7.86. The zero-order valence-corrected chi connectivity index (χ0v) is 12.3. The van der Waals surface area contributed by atoms with E-state index in [-0.39, 0.29) is 10.8 Å². The third-order valence-corrected chi connectivity index (χ3v) is 4.47. The van der Waals surface area contributed by atoms with Crippen molar-refractivity contribution in [1.82, 2.24) is 4.72 Å². The van der Waals surface area contributed by atoms with Crippen LogP contribution in [-0.2, 0) is 14.8 Å². The average Bonchev–Trinajstić information content (AvgIpc) is 3.20. The van der Waals surface area contributed by atoms with Gasteiger partial charge < -0.3 is 10.1 Å². The summed E-state index contributed by atoms with van der Waals surface area (Å²) in [4.78, 5) is 11.2. The maximum atomic E-state index is 12.1. The molecule has 0 saturated heterocycles. The number of carbonyl (C=O) groups excluding carboxylic acids is 1. The lowest BCUT2D eigenvalue weighted by atomic mass is 10.3. The largest absolute Gasteiger partial charge is 0.495 e. The Morgan fingerprint density at radius 3 is 2.65 bits per heavy atom. The molecule has 2 rings (SSSR count). The molecular formula is C13H18N2O4S. The zero-order valence-electron chi connectivity index (χ0n) is 11.5. The first-order valence-electron chi connectivity index (χ1n) is 6.37. The number of hydrogen-bond acceptors (Lipinski definition) is 4. The van der Waals surface area contributed by atoms with Crippen LogP contribution >= 0.6 is 0 Å². The van der Waals surface area contributed by atoms with Gasteiger partial charge in [0.15, 0.2) is 0 Å². The van der Waals surface area contributed by atoms with E-state index in [9.17, 15) is 13.2 Å². The lowest BCUT2D eigenvalue weighted by molar-refractivity contribution is -0.114. The summed E-state index contributed by atoms with van der Waals surface area (Å²) in [5, 5.41) is 2.56. The molecule has 7 heteroatoms. The van der Waals surface area contributed by atoms with E-state index in [4.69, 9.17) is 4.74 Å². The quantitative estimate of drug-likeness (QED) is 0.830. The number of sulfonamides is 1. The molecular weight excluding hydrogens is 280 g/mol. The van der Waals surface area contributed by atoms with Crippen molar-refractivity contribution >= 4 is 21.6 Å². The monoisotopic (exact) mass is 298 g/mol. The van der Waals surface area contributed by atoms with E-state index in [0.717, 1.165) is 12.8 Å². The fraction of sp³-hybridized carbons (Fsp3) is 0.462. The summed E-state index contributed by atoms with van der Waals surface area (Å²) in [6.07, 6.45) is 2.14. The number of amides is 1. The molecule has 1 aromatic carbocycles. The van der Waals surface area contributed by atoms with Gasteiger partial charge in [-0.1, -0.05) is 0 Å². The van der Waals surface area contributed by atoms with Gasteiger partial charge in [-0.3, -0.25) is 4.79 Å². The molecule has 110 valence electrons. The molecule has 20 heavy (non-hydrogen) atoms. The topological polar surface area (TPSA) is 84.5 Å². The van der Waals surface area contributed by atoms with Crippen LogP contribution in [0.25, 0.3) is 0 Å². The van der Waals surface area contributed by atoms with Crippen LogP contribution in [0.5, 0.6) is 5.75 Å². The Labute approximate surface area is 118 Å².